The summed E-state index contributed by atoms with van der Waals surface area (Å²) < 4.78 is 1.19. The standard InChI is InChI=1S/C10H16N2Se.C9H7N.C8H9NO/c1-2-3-4-5-9-13-10-7-6-8-11-12-10;1-2-6-9-8(4-1)5-3-7-10-9;1-7(10)9-8-5-3-2-4-6-8/h6-8H,2-5,9H2,1H3;1-7H;2-6H,1H3,(H,9,10). The molecule has 2 aromatic carbocycles. The van der Waals surface area contributed by atoms with Crippen molar-refractivity contribution in [2.45, 2.75) is 44.9 Å². The number of hydrogen-bond donors (Lipinski definition) is 1. The van der Waals surface area contributed by atoms with Gasteiger partial charge in [0.15, 0.2) is 0 Å². The van der Waals surface area contributed by atoms with Crippen LogP contribution in [0.2, 0.25) is 5.32 Å². The third-order valence-electron chi connectivity index (χ3n) is 4.40. The quantitative estimate of drug-likeness (QED) is 0.258. The second-order valence-corrected chi connectivity index (χ2v) is 9.55. The molecule has 33 heavy (non-hydrogen) atoms. The van der Waals surface area contributed by atoms with Crippen molar-refractivity contribution in [1.82, 2.24) is 15.2 Å². The van der Waals surface area contributed by atoms with Crippen molar-refractivity contribution in [3.05, 3.63) is 91.3 Å². The molecule has 5 nitrogen and oxygen atoms in total. The predicted molar refractivity (Wildman–Crippen MR) is 139 cm³/mol. The maximum absolute atomic E-state index is 10.5. The first-order valence-electron chi connectivity index (χ1n) is 11.2. The van der Waals surface area contributed by atoms with Gasteiger partial charge < -0.3 is 5.32 Å². The smallest absolute Gasteiger partial charge is 0.0701 e. The van der Waals surface area contributed by atoms with Crippen molar-refractivity contribution in [2.75, 3.05) is 5.32 Å². The Morgan fingerprint density at radius 1 is 0.848 bits per heavy atom. The number of benzene rings is 2. The molecule has 2 aromatic heterocycles. The minimum Gasteiger partial charge on any atom is -0.256 e. The summed E-state index contributed by atoms with van der Waals surface area (Å²) in [6.07, 6.45) is 8.95. The van der Waals surface area contributed by atoms with Crippen molar-refractivity contribution < 1.29 is 4.79 Å². The number of carbonyl (C=O) groups is 1. The fourth-order valence-corrected chi connectivity index (χ4v) is 4.57. The summed E-state index contributed by atoms with van der Waals surface area (Å²) in [5.41, 5.74) is 1.90. The van der Waals surface area contributed by atoms with E-state index in [4.69, 9.17) is 0 Å². The summed E-state index contributed by atoms with van der Waals surface area (Å²) >= 11 is 0.544. The van der Waals surface area contributed by atoms with E-state index in [9.17, 15) is 4.79 Å². The zero-order valence-electron chi connectivity index (χ0n) is 19.4. The molecule has 0 saturated heterocycles. The summed E-state index contributed by atoms with van der Waals surface area (Å²) in [7, 11) is 0. The molecule has 0 spiro atoms. The number of nitrogens with zero attached hydrogens (tertiary/aromatic N) is 3. The van der Waals surface area contributed by atoms with Gasteiger partial charge in [0, 0.05) is 24.2 Å². The van der Waals surface area contributed by atoms with E-state index in [0.29, 0.717) is 15.0 Å². The van der Waals surface area contributed by atoms with E-state index in [2.05, 4.69) is 45.6 Å². The third-order valence-corrected chi connectivity index (χ3v) is 6.51. The molecule has 6 heteroatoms. The van der Waals surface area contributed by atoms with Gasteiger partial charge >= 0.3 is 86.0 Å². The maximum atomic E-state index is 10.5. The molecule has 4 aromatic rings. The molecular formula is C27H32N4OSe. The number of amides is 1. The van der Waals surface area contributed by atoms with Crippen LogP contribution in [-0.2, 0) is 4.79 Å². The molecule has 0 aliphatic rings. The topological polar surface area (TPSA) is 67.8 Å². The van der Waals surface area contributed by atoms with Crippen molar-refractivity contribution >= 4 is 42.0 Å². The molecule has 0 radical (unpaired) electrons. The second kappa shape index (κ2) is 16.5. The van der Waals surface area contributed by atoms with Crippen molar-refractivity contribution in [2.24, 2.45) is 0 Å². The number of rotatable bonds is 7. The number of fused-ring (bicyclic) bond motifs is 1. The molecule has 1 amide bonds. The molecule has 0 saturated carbocycles. The minimum absolute atomic E-state index is 0.0359. The number of aromatic nitrogens is 3. The molecule has 2 heterocycles. The Kier molecular flexibility index (Phi) is 13.1. The van der Waals surface area contributed by atoms with Gasteiger partial charge in [-0.25, -0.2) is 0 Å². The zero-order valence-corrected chi connectivity index (χ0v) is 21.1. The van der Waals surface area contributed by atoms with Gasteiger partial charge in [-0.3, -0.25) is 9.78 Å². The Labute approximate surface area is 203 Å². The summed E-state index contributed by atoms with van der Waals surface area (Å²) in [6.45, 7) is 3.74. The summed E-state index contributed by atoms with van der Waals surface area (Å²) in [5.74, 6) is -0.0359. The zero-order chi connectivity index (χ0) is 23.6. The Balaban J connectivity index is 0.000000177. The molecule has 0 atom stereocenters. The molecule has 1 N–H and O–H groups in total. The third kappa shape index (κ3) is 11.9. The molecule has 0 unspecified atom stereocenters. The summed E-state index contributed by atoms with van der Waals surface area (Å²) in [6, 6.07) is 25.5. The van der Waals surface area contributed by atoms with Crippen LogP contribution in [0.5, 0.6) is 0 Å². The number of unbranched alkanes of at least 4 members (excludes halogenated alkanes) is 3. The molecule has 0 aliphatic heterocycles. The first kappa shape index (κ1) is 26.2. The van der Waals surface area contributed by atoms with Crippen molar-refractivity contribution in [3.8, 4) is 0 Å². The Hall–Kier alpha value is -3.08. The van der Waals surface area contributed by atoms with Crippen molar-refractivity contribution in [3.63, 3.8) is 0 Å². The number of para-hydroxylation sites is 2. The molecule has 0 bridgehead atoms. The van der Waals surface area contributed by atoms with E-state index < -0.39 is 0 Å². The van der Waals surface area contributed by atoms with Crippen LogP contribution in [0.3, 0.4) is 0 Å². The van der Waals surface area contributed by atoms with E-state index in [0.717, 1.165) is 11.2 Å². The fourth-order valence-electron chi connectivity index (χ4n) is 2.81. The second-order valence-electron chi connectivity index (χ2n) is 7.21. The van der Waals surface area contributed by atoms with Crippen LogP contribution in [0.1, 0.15) is 39.5 Å². The van der Waals surface area contributed by atoms with E-state index >= 15 is 0 Å². The molecule has 0 fully saturated rings. The van der Waals surface area contributed by atoms with Gasteiger partial charge in [-0.05, 0) is 24.3 Å². The van der Waals surface area contributed by atoms with Crippen LogP contribution in [0, 0.1) is 0 Å². The normalized spacial score (nSPS) is 9.76. The van der Waals surface area contributed by atoms with Gasteiger partial charge in [0.05, 0.1) is 5.52 Å². The largest absolute Gasteiger partial charge is 0.256 e. The fraction of sp³-hybridized carbons (Fsp3) is 0.259. The molecule has 172 valence electrons. The van der Waals surface area contributed by atoms with Gasteiger partial charge in [-0.1, -0.05) is 42.5 Å². The number of anilines is 1. The van der Waals surface area contributed by atoms with E-state index in [-0.39, 0.29) is 5.91 Å². The van der Waals surface area contributed by atoms with Crippen LogP contribution in [0.4, 0.5) is 5.69 Å². The number of hydrogen-bond acceptors (Lipinski definition) is 4. The van der Waals surface area contributed by atoms with Crippen LogP contribution in [0.15, 0.2) is 91.3 Å². The molecule has 0 aliphatic carbocycles. The van der Waals surface area contributed by atoms with E-state index in [1.54, 1.807) is 6.20 Å². The van der Waals surface area contributed by atoms with Gasteiger partial charge in [0.1, 0.15) is 0 Å². The van der Waals surface area contributed by atoms with Gasteiger partial charge in [0.25, 0.3) is 0 Å². The predicted octanol–water partition coefficient (Wildman–Crippen LogP) is 5.68. The van der Waals surface area contributed by atoms with E-state index in [1.165, 1.54) is 47.9 Å². The van der Waals surface area contributed by atoms with E-state index in [1.807, 2.05) is 66.9 Å². The van der Waals surface area contributed by atoms with Gasteiger partial charge in [-0.15, -0.1) is 0 Å². The Bertz CT molecular complexity index is 980. The average molecular weight is 508 g/mol. The molecule has 4 rings (SSSR count). The SMILES string of the molecule is CC(=O)Nc1ccccc1.CCCCCC[Se]c1cccnn1.c1ccc2ncccc2c1. The average Bonchev–Trinajstić information content (AvgIpc) is 2.86. The first-order chi connectivity index (χ1) is 16.2. The monoisotopic (exact) mass is 508 g/mol. The maximum Gasteiger partial charge on any atom is 0.0701 e. The van der Waals surface area contributed by atoms with Crippen LogP contribution < -0.4 is 9.91 Å². The van der Waals surface area contributed by atoms with Crippen LogP contribution >= 0.6 is 0 Å². The number of nitrogens with one attached hydrogen (secondary N) is 1. The van der Waals surface area contributed by atoms with Gasteiger partial charge in [-0.2, -0.15) is 0 Å². The molecular weight excluding hydrogens is 475 g/mol. The first-order valence-corrected chi connectivity index (χ1v) is 13.3. The summed E-state index contributed by atoms with van der Waals surface area (Å²) in [4.78, 5) is 14.7. The number of pyridine rings is 1. The van der Waals surface area contributed by atoms with Gasteiger partial charge in [0.2, 0.25) is 5.91 Å². The Morgan fingerprint density at radius 3 is 2.27 bits per heavy atom. The van der Waals surface area contributed by atoms with Crippen LogP contribution in [-0.4, -0.2) is 36.0 Å². The minimum atomic E-state index is -0.0359. The Morgan fingerprint density at radius 2 is 1.58 bits per heavy atom. The summed E-state index contributed by atoms with van der Waals surface area (Å²) in [5, 5.41) is 13.1. The number of carbonyl (C=O) groups excluding carboxylic acids is 1. The van der Waals surface area contributed by atoms with Crippen LogP contribution in [0.25, 0.3) is 10.9 Å². The van der Waals surface area contributed by atoms with Crippen molar-refractivity contribution in [1.29, 1.82) is 0 Å².